The summed E-state index contributed by atoms with van der Waals surface area (Å²) in [6.45, 7) is 0.345. The van der Waals surface area contributed by atoms with Crippen molar-refractivity contribution in [1.29, 1.82) is 0 Å². The summed E-state index contributed by atoms with van der Waals surface area (Å²) in [7, 11) is 0. The Morgan fingerprint density at radius 2 is 1.89 bits per heavy atom. The zero-order chi connectivity index (χ0) is 26.4. The lowest BCUT2D eigenvalue weighted by Gasteiger charge is -2.28. The number of benzene rings is 1. The molecule has 12 nitrogen and oxygen atoms in total. The Labute approximate surface area is 212 Å². The van der Waals surface area contributed by atoms with E-state index in [1.807, 2.05) is 24.3 Å². The second-order valence-electron chi connectivity index (χ2n) is 8.67. The molecule has 0 bridgehead atoms. The normalized spacial score (nSPS) is 17.8. The van der Waals surface area contributed by atoms with Crippen molar-refractivity contribution in [2.45, 2.75) is 49.9 Å². The van der Waals surface area contributed by atoms with Gasteiger partial charge >= 0.3 is 5.97 Å². The van der Waals surface area contributed by atoms with Gasteiger partial charge in [-0.25, -0.2) is 4.79 Å². The van der Waals surface area contributed by atoms with Crippen LogP contribution in [-0.4, -0.2) is 81.1 Å². The minimum absolute atomic E-state index is 0.0291. The molecule has 3 rings (SSSR count). The number of nitrogens with zero attached hydrogens (tertiary/aromatic N) is 1. The number of carboxylic acids is 1. The Morgan fingerprint density at radius 3 is 2.56 bits per heavy atom. The fourth-order valence-corrected chi connectivity index (χ4v) is 4.42. The molecule has 13 heteroatoms. The van der Waals surface area contributed by atoms with E-state index in [0.29, 0.717) is 24.9 Å². The quantitative estimate of drug-likeness (QED) is 0.183. The van der Waals surface area contributed by atoms with Gasteiger partial charge in [0.25, 0.3) is 0 Å². The third kappa shape index (κ3) is 6.34. The van der Waals surface area contributed by atoms with Crippen molar-refractivity contribution in [3.8, 4) is 0 Å². The van der Waals surface area contributed by atoms with Crippen LogP contribution in [0.5, 0.6) is 0 Å². The average Bonchev–Trinajstić information content (AvgIpc) is 3.49. The number of amides is 4. The number of hydrogen-bond acceptors (Lipinski definition) is 7. The van der Waals surface area contributed by atoms with Gasteiger partial charge in [0, 0.05) is 35.8 Å². The van der Waals surface area contributed by atoms with Crippen LogP contribution in [0.2, 0.25) is 0 Å². The van der Waals surface area contributed by atoms with Crippen molar-refractivity contribution in [2.75, 3.05) is 12.3 Å². The van der Waals surface area contributed by atoms with E-state index < -0.39 is 60.2 Å². The second kappa shape index (κ2) is 11.9. The molecule has 8 N–H and O–H groups in total. The van der Waals surface area contributed by atoms with Crippen LogP contribution >= 0.6 is 12.6 Å². The number of aliphatic carboxylic acids is 1. The molecule has 2 heterocycles. The number of hydrogen-bond donors (Lipinski definition) is 7. The maximum atomic E-state index is 13.2. The van der Waals surface area contributed by atoms with Crippen molar-refractivity contribution in [3.63, 3.8) is 0 Å². The van der Waals surface area contributed by atoms with Crippen LogP contribution in [0.15, 0.2) is 30.5 Å². The van der Waals surface area contributed by atoms with E-state index in [2.05, 4.69) is 28.2 Å². The molecule has 0 aliphatic carbocycles. The molecule has 4 amide bonds. The molecule has 1 aromatic heterocycles. The first-order valence-corrected chi connectivity index (χ1v) is 12.1. The molecule has 4 atom stereocenters. The predicted octanol–water partition coefficient (Wildman–Crippen LogP) is -1.11. The number of carbonyl (C=O) groups excluding carboxylic acids is 4. The summed E-state index contributed by atoms with van der Waals surface area (Å²) in [5.74, 6) is -3.99. The Hall–Kier alpha value is -3.58. The Bertz CT molecular complexity index is 1150. The number of carbonyl (C=O) groups is 5. The van der Waals surface area contributed by atoms with Gasteiger partial charge in [0.15, 0.2) is 0 Å². The van der Waals surface area contributed by atoms with Crippen LogP contribution < -0.4 is 22.1 Å². The summed E-state index contributed by atoms with van der Waals surface area (Å²) in [5, 5.41) is 15.2. The van der Waals surface area contributed by atoms with Crippen molar-refractivity contribution in [1.82, 2.24) is 20.5 Å². The van der Waals surface area contributed by atoms with E-state index in [0.717, 1.165) is 10.9 Å². The summed E-state index contributed by atoms with van der Waals surface area (Å²) >= 11 is 4.05. The summed E-state index contributed by atoms with van der Waals surface area (Å²) in [5.41, 5.74) is 12.5. The number of carboxylic acid groups (broad SMARTS) is 1. The van der Waals surface area contributed by atoms with E-state index >= 15 is 0 Å². The molecule has 0 spiro atoms. The van der Waals surface area contributed by atoms with Crippen molar-refractivity contribution in [3.05, 3.63) is 36.0 Å². The molecule has 1 aliphatic heterocycles. The molecule has 1 saturated heterocycles. The van der Waals surface area contributed by atoms with Gasteiger partial charge in [-0.2, -0.15) is 12.6 Å². The molecule has 194 valence electrons. The smallest absolute Gasteiger partial charge is 0.326 e. The molecule has 1 aromatic carbocycles. The SMILES string of the molecule is NC(=O)CC(NC(=O)C(Cc1c[nH]c2ccccc12)NC(=O)C1CCCN1C(=O)C(N)CS)C(=O)O. The van der Waals surface area contributed by atoms with Crippen molar-refractivity contribution >= 4 is 53.1 Å². The molecular weight excluding hydrogens is 488 g/mol. The van der Waals surface area contributed by atoms with Gasteiger partial charge in [0.05, 0.1) is 12.5 Å². The van der Waals surface area contributed by atoms with Gasteiger partial charge < -0.3 is 37.1 Å². The molecule has 2 aromatic rings. The third-order valence-corrected chi connectivity index (χ3v) is 6.50. The second-order valence-corrected chi connectivity index (χ2v) is 9.04. The fourth-order valence-electron chi connectivity index (χ4n) is 4.27. The van der Waals surface area contributed by atoms with Crippen LogP contribution in [-0.2, 0) is 30.4 Å². The first-order chi connectivity index (χ1) is 17.1. The number of fused-ring (bicyclic) bond motifs is 1. The number of aromatic amines is 1. The van der Waals surface area contributed by atoms with Crippen LogP contribution in [0, 0.1) is 0 Å². The van der Waals surface area contributed by atoms with Crippen molar-refractivity contribution in [2.24, 2.45) is 11.5 Å². The molecule has 36 heavy (non-hydrogen) atoms. The number of rotatable bonds is 11. The molecule has 1 aliphatic rings. The number of likely N-dealkylation sites (tertiary alicyclic amines) is 1. The molecule has 1 fully saturated rings. The minimum atomic E-state index is -1.56. The molecule has 0 radical (unpaired) electrons. The Balaban J connectivity index is 1.84. The van der Waals surface area contributed by atoms with Crippen molar-refractivity contribution < 1.29 is 29.1 Å². The number of nitrogens with one attached hydrogen (secondary N) is 3. The number of thiol groups is 1. The highest BCUT2D eigenvalue weighted by molar-refractivity contribution is 7.80. The summed E-state index contributed by atoms with van der Waals surface area (Å²) < 4.78 is 0. The van der Waals surface area contributed by atoms with Crippen LogP contribution in [0.4, 0.5) is 0 Å². The van der Waals surface area contributed by atoms with E-state index in [-0.39, 0.29) is 12.2 Å². The van der Waals surface area contributed by atoms with Gasteiger partial charge in [0.2, 0.25) is 23.6 Å². The maximum Gasteiger partial charge on any atom is 0.326 e. The van der Waals surface area contributed by atoms with Crippen LogP contribution in [0.25, 0.3) is 10.9 Å². The lowest BCUT2D eigenvalue weighted by Crippen LogP contribution is -2.57. The zero-order valence-electron chi connectivity index (χ0n) is 19.5. The van der Waals surface area contributed by atoms with E-state index in [1.54, 1.807) is 6.20 Å². The standard InChI is InChI=1S/C23H30N6O6S/c24-14(11-36)22(33)29-7-3-6-18(29)21(32)27-16(20(31)28-17(23(34)35)9-19(25)30)8-12-10-26-15-5-2-1-4-13(12)15/h1-2,4-5,10,14,16-18,26,36H,3,6-9,11,24H2,(H2,25,30)(H,27,32)(H,28,31)(H,34,35). The van der Waals surface area contributed by atoms with Gasteiger partial charge in [-0.1, -0.05) is 18.2 Å². The predicted molar refractivity (Wildman–Crippen MR) is 134 cm³/mol. The summed E-state index contributed by atoms with van der Waals surface area (Å²) in [6, 6.07) is 2.93. The number of H-pyrrole nitrogens is 1. The van der Waals surface area contributed by atoms with Gasteiger partial charge in [-0.3, -0.25) is 19.2 Å². The highest BCUT2D eigenvalue weighted by Crippen LogP contribution is 2.21. The van der Waals surface area contributed by atoms with Gasteiger partial charge in [-0.15, -0.1) is 0 Å². The molecule has 0 saturated carbocycles. The lowest BCUT2D eigenvalue weighted by molar-refractivity contribution is -0.144. The minimum Gasteiger partial charge on any atom is -0.480 e. The topological polar surface area (TPSA) is 201 Å². The first kappa shape index (κ1) is 27.0. The summed E-state index contributed by atoms with van der Waals surface area (Å²) in [4.78, 5) is 66.3. The fraction of sp³-hybridized carbons (Fsp3) is 0.435. The van der Waals surface area contributed by atoms with E-state index in [4.69, 9.17) is 11.5 Å². The largest absolute Gasteiger partial charge is 0.480 e. The summed E-state index contributed by atoms with van der Waals surface area (Å²) in [6.07, 6.45) is 2.09. The lowest BCUT2D eigenvalue weighted by atomic mass is 10.0. The van der Waals surface area contributed by atoms with E-state index in [1.165, 1.54) is 4.90 Å². The van der Waals surface area contributed by atoms with Gasteiger partial charge in [-0.05, 0) is 24.5 Å². The number of aromatic nitrogens is 1. The number of nitrogens with two attached hydrogens (primary N) is 2. The van der Waals surface area contributed by atoms with Gasteiger partial charge in [0.1, 0.15) is 18.1 Å². The Morgan fingerprint density at radius 1 is 1.17 bits per heavy atom. The zero-order valence-corrected chi connectivity index (χ0v) is 20.4. The Kier molecular flexibility index (Phi) is 8.93. The highest BCUT2D eigenvalue weighted by atomic mass is 32.1. The van der Waals surface area contributed by atoms with Crippen LogP contribution in [0.1, 0.15) is 24.8 Å². The first-order valence-electron chi connectivity index (χ1n) is 11.5. The monoisotopic (exact) mass is 518 g/mol. The van der Waals surface area contributed by atoms with E-state index in [9.17, 15) is 29.1 Å². The highest BCUT2D eigenvalue weighted by Gasteiger charge is 2.38. The average molecular weight is 519 g/mol. The molecule has 4 unspecified atom stereocenters. The number of primary amides is 1. The maximum absolute atomic E-state index is 13.2. The third-order valence-electron chi connectivity index (χ3n) is 6.10. The van der Waals surface area contributed by atoms with Crippen LogP contribution in [0.3, 0.4) is 0 Å². The number of para-hydroxylation sites is 1. The molecular formula is C23H30N6O6S.